The Morgan fingerprint density at radius 1 is 0.935 bits per heavy atom. The summed E-state index contributed by atoms with van der Waals surface area (Å²) >= 11 is 0. The van der Waals surface area contributed by atoms with Crippen LogP contribution in [0.5, 0.6) is 11.5 Å². The molecule has 0 unspecified atom stereocenters. The highest BCUT2D eigenvalue weighted by molar-refractivity contribution is 6.04. The van der Waals surface area contributed by atoms with E-state index in [-0.39, 0.29) is 16.8 Å². The number of esters is 2. The van der Waals surface area contributed by atoms with E-state index in [0.29, 0.717) is 23.7 Å². The van der Waals surface area contributed by atoms with E-state index in [4.69, 9.17) is 9.47 Å². The van der Waals surface area contributed by atoms with Crippen LogP contribution >= 0.6 is 0 Å². The zero-order valence-electron chi connectivity index (χ0n) is 17.5. The summed E-state index contributed by atoms with van der Waals surface area (Å²) in [5, 5.41) is 2.61. The molecule has 2 rings (SSSR count). The zero-order chi connectivity index (χ0) is 22.8. The van der Waals surface area contributed by atoms with Crippen LogP contribution in [0.15, 0.2) is 55.1 Å². The number of hydrogen-bond acceptors (Lipinski definition) is 7. The zero-order valence-corrected chi connectivity index (χ0v) is 17.5. The van der Waals surface area contributed by atoms with Crippen molar-refractivity contribution >= 4 is 29.6 Å². The SMILES string of the molecule is C=CCOc1ccc(/C=C/C(=O)Nc2cc(C(=O)OC)cc(C(=O)OC)c2)cc1OC. The molecule has 2 aromatic rings. The fraction of sp³-hybridized carbons (Fsp3) is 0.174. The van der Waals surface area contributed by atoms with E-state index in [1.54, 1.807) is 30.4 Å². The van der Waals surface area contributed by atoms with Gasteiger partial charge in [-0.15, -0.1) is 0 Å². The third-order valence-corrected chi connectivity index (χ3v) is 4.01. The Labute approximate surface area is 180 Å². The molecule has 0 heterocycles. The monoisotopic (exact) mass is 425 g/mol. The fourth-order valence-corrected chi connectivity index (χ4v) is 2.58. The summed E-state index contributed by atoms with van der Waals surface area (Å²) in [6.07, 6.45) is 4.51. The molecule has 1 N–H and O–H groups in total. The van der Waals surface area contributed by atoms with Crippen molar-refractivity contribution in [2.75, 3.05) is 33.3 Å². The van der Waals surface area contributed by atoms with E-state index in [9.17, 15) is 14.4 Å². The third-order valence-electron chi connectivity index (χ3n) is 4.01. The molecule has 8 heteroatoms. The molecule has 162 valence electrons. The van der Waals surface area contributed by atoms with Gasteiger partial charge in [-0.2, -0.15) is 0 Å². The second kappa shape index (κ2) is 11.2. The molecular formula is C23H23NO7. The number of rotatable bonds is 9. The van der Waals surface area contributed by atoms with Crippen LogP contribution in [-0.2, 0) is 14.3 Å². The summed E-state index contributed by atoms with van der Waals surface area (Å²) in [5.41, 5.74) is 1.15. The largest absolute Gasteiger partial charge is 0.493 e. The number of methoxy groups -OCH3 is 3. The van der Waals surface area contributed by atoms with Crippen molar-refractivity contribution in [1.29, 1.82) is 0 Å². The Kier molecular flexibility index (Phi) is 8.39. The quantitative estimate of drug-likeness (QED) is 0.373. The number of ether oxygens (including phenoxy) is 4. The molecule has 2 aromatic carbocycles. The van der Waals surface area contributed by atoms with E-state index in [2.05, 4.69) is 21.4 Å². The van der Waals surface area contributed by atoms with Gasteiger partial charge in [0.05, 0.1) is 32.5 Å². The average Bonchev–Trinajstić information content (AvgIpc) is 2.80. The first kappa shape index (κ1) is 23.2. The van der Waals surface area contributed by atoms with E-state index in [1.807, 2.05) is 0 Å². The summed E-state index contributed by atoms with van der Waals surface area (Å²) in [6.45, 7) is 3.94. The fourth-order valence-electron chi connectivity index (χ4n) is 2.58. The number of anilines is 1. The van der Waals surface area contributed by atoms with Gasteiger partial charge in [-0.25, -0.2) is 9.59 Å². The van der Waals surface area contributed by atoms with Crippen molar-refractivity contribution in [2.45, 2.75) is 0 Å². The first-order valence-electron chi connectivity index (χ1n) is 9.14. The highest BCUT2D eigenvalue weighted by Crippen LogP contribution is 2.28. The van der Waals surface area contributed by atoms with Crippen LogP contribution in [0.3, 0.4) is 0 Å². The summed E-state index contributed by atoms with van der Waals surface area (Å²) in [7, 11) is 3.95. The predicted octanol–water partition coefficient (Wildman–Crippen LogP) is 3.49. The number of hydrogen-bond donors (Lipinski definition) is 1. The topological polar surface area (TPSA) is 100 Å². The number of carbonyl (C=O) groups is 3. The smallest absolute Gasteiger partial charge is 0.337 e. The first-order valence-corrected chi connectivity index (χ1v) is 9.14. The molecule has 31 heavy (non-hydrogen) atoms. The lowest BCUT2D eigenvalue weighted by Gasteiger charge is -2.10. The van der Waals surface area contributed by atoms with Crippen molar-refractivity contribution < 1.29 is 33.3 Å². The molecule has 0 atom stereocenters. The Hall–Kier alpha value is -4.07. The Bertz CT molecular complexity index is 977. The summed E-state index contributed by atoms with van der Waals surface area (Å²) < 4.78 is 20.2. The Balaban J connectivity index is 2.19. The van der Waals surface area contributed by atoms with Gasteiger partial charge >= 0.3 is 11.9 Å². The first-order chi connectivity index (χ1) is 14.9. The molecule has 0 saturated carbocycles. The van der Waals surface area contributed by atoms with E-state index in [0.717, 1.165) is 0 Å². The summed E-state index contributed by atoms with van der Waals surface area (Å²) in [6, 6.07) is 9.33. The highest BCUT2D eigenvalue weighted by atomic mass is 16.5. The molecule has 1 amide bonds. The highest BCUT2D eigenvalue weighted by Gasteiger charge is 2.14. The van der Waals surface area contributed by atoms with Crippen molar-refractivity contribution in [2.24, 2.45) is 0 Å². The lowest BCUT2D eigenvalue weighted by atomic mass is 10.1. The van der Waals surface area contributed by atoms with Gasteiger partial charge in [0.1, 0.15) is 6.61 Å². The van der Waals surface area contributed by atoms with Gasteiger partial charge in [-0.3, -0.25) is 4.79 Å². The molecule has 0 aliphatic carbocycles. The average molecular weight is 425 g/mol. The molecule has 0 radical (unpaired) electrons. The Morgan fingerprint density at radius 2 is 1.58 bits per heavy atom. The number of nitrogens with one attached hydrogen (secondary N) is 1. The van der Waals surface area contributed by atoms with E-state index >= 15 is 0 Å². The Morgan fingerprint density at radius 3 is 2.13 bits per heavy atom. The maximum Gasteiger partial charge on any atom is 0.337 e. The van der Waals surface area contributed by atoms with Crippen LogP contribution in [-0.4, -0.2) is 45.8 Å². The summed E-state index contributed by atoms with van der Waals surface area (Å²) in [4.78, 5) is 36.1. The minimum atomic E-state index is -0.650. The molecule has 0 spiro atoms. The van der Waals surface area contributed by atoms with Crippen LogP contribution < -0.4 is 14.8 Å². The summed E-state index contributed by atoms with van der Waals surface area (Å²) in [5.74, 6) is -0.703. The minimum Gasteiger partial charge on any atom is -0.493 e. The van der Waals surface area contributed by atoms with Crippen molar-refractivity contribution in [3.63, 3.8) is 0 Å². The maximum absolute atomic E-state index is 12.4. The van der Waals surface area contributed by atoms with Crippen LogP contribution in [0.25, 0.3) is 6.08 Å². The lowest BCUT2D eigenvalue weighted by molar-refractivity contribution is -0.111. The lowest BCUT2D eigenvalue weighted by Crippen LogP contribution is -2.12. The van der Waals surface area contributed by atoms with Crippen molar-refractivity contribution in [1.82, 2.24) is 0 Å². The van der Waals surface area contributed by atoms with E-state index in [1.165, 1.54) is 45.6 Å². The standard InChI is InChI=1S/C23H23NO7/c1-5-10-31-19-8-6-15(11-20(19)28-2)7-9-21(25)24-18-13-16(22(26)29-3)12-17(14-18)23(27)30-4/h5-9,11-14H,1,10H2,2-4H3,(H,24,25)/b9-7+. The second-order valence-electron chi connectivity index (χ2n) is 6.11. The predicted molar refractivity (Wildman–Crippen MR) is 115 cm³/mol. The van der Waals surface area contributed by atoms with Gasteiger partial charge in [-0.05, 0) is 42.0 Å². The number of amides is 1. The molecule has 0 aliphatic rings. The van der Waals surface area contributed by atoms with Crippen LogP contribution in [0, 0.1) is 0 Å². The van der Waals surface area contributed by atoms with Crippen LogP contribution in [0.4, 0.5) is 5.69 Å². The third kappa shape index (κ3) is 6.46. The molecule has 0 aromatic heterocycles. The van der Waals surface area contributed by atoms with Crippen molar-refractivity contribution in [3.05, 3.63) is 71.8 Å². The number of carbonyl (C=O) groups excluding carboxylic acids is 3. The van der Waals surface area contributed by atoms with Gasteiger partial charge in [0, 0.05) is 11.8 Å². The molecular weight excluding hydrogens is 402 g/mol. The molecule has 0 aliphatic heterocycles. The normalized spacial score (nSPS) is 10.3. The second-order valence-corrected chi connectivity index (χ2v) is 6.11. The molecule has 0 bridgehead atoms. The van der Waals surface area contributed by atoms with E-state index < -0.39 is 17.8 Å². The minimum absolute atomic E-state index is 0.101. The van der Waals surface area contributed by atoms with Gasteiger partial charge in [0.15, 0.2) is 11.5 Å². The van der Waals surface area contributed by atoms with Gasteiger partial charge in [0.25, 0.3) is 0 Å². The molecule has 0 fully saturated rings. The number of benzene rings is 2. The van der Waals surface area contributed by atoms with Gasteiger partial charge in [0.2, 0.25) is 5.91 Å². The molecule has 8 nitrogen and oxygen atoms in total. The van der Waals surface area contributed by atoms with Crippen LogP contribution in [0.1, 0.15) is 26.3 Å². The maximum atomic E-state index is 12.4. The van der Waals surface area contributed by atoms with Gasteiger partial charge in [-0.1, -0.05) is 18.7 Å². The molecule has 0 saturated heterocycles. The van der Waals surface area contributed by atoms with Crippen molar-refractivity contribution in [3.8, 4) is 11.5 Å². The van der Waals surface area contributed by atoms with Crippen LogP contribution in [0.2, 0.25) is 0 Å². The van der Waals surface area contributed by atoms with Gasteiger partial charge < -0.3 is 24.3 Å².